The number of nitrogens with one attached hydrogen (secondary N) is 1. The molecule has 1 saturated carbocycles. The number of aliphatic hydroxyl groups excluding tert-OH is 1. The van der Waals surface area contributed by atoms with Gasteiger partial charge in [0, 0.05) is 12.0 Å². The molecule has 0 atom stereocenters. The van der Waals surface area contributed by atoms with Crippen molar-refractivity contribution in [2.45, 2.75) is 12.8 Å². The third kappa shape index (κ3) is 1.93. The van der Waals surface area contributed by atoms with E-state index >= 15 is 0 Å². The van der Waals surface area contributed by atoms with Crippen molar-refractivity contribution in [3.63, 3.8) is 0 Å². The van der Waals surface area contributed by atoms with E-state index in [-0.39, 0.29) is 22.9 Å². The van der Waals surface area contributed by atoms with Crippen LogP contribution in [0, 0.1) is 5.92 Å². The molecule has 1 heterocycles. The molecular formula is C13H12N2O2. The summed E-state index contributed by atoms with van der Waals surface area (Å²) in [4.78, 5) is 18.7. The Morgan fingerprint density at radius 1 is 1.41 bits per heavy atom. The molecule has 0 amide bonds. The molecule has 2 aromatic rings. The van der Waals surface area contributed by atoms with E-state index in [1.807, 2.05) is 18.2 Å². The maximum Gasteiger partial charge on any atom is 0.274 e. The number of fused-ring (bicyclic) bond motifs is 1. The summed E-state index contributed by atoms with van der Waals surface area (Å²) in [5, 5.41) is 9.71. The monoisotopic (exact) mass is 228 g/mol. The lowest BCUT2D eigenvalue weighted by Gasteiger charge is -1.99. The molecule has 0 saturated heterocycles. The van der Waals surface area contributed by atoms with Gasteiger partial charge in [0.05, 0.1) is 16.8 Å². The van der Waals surface area contributed by atoms with Gasteiger partial charge >= 0.3 is 0 Å². The van der Waals surface area contributed by atoms with Crippen LogP contribution in [0.2, 0.25) is 0 Å². The fourth-order valence-corrected chi connectivity index (χ4v) is 1.78. The fourth-order valence-electron chi connectivity index (χ4n) is 1.78. The van der Waals surface area contributed by atoms with Crippen molar-refractivity contribution in [1.82, 2.24) is 9.97 Å². The Hall–Kier alpha value is -2.10. The smallest absolute Gasteiger partial charge is 0.274 e. The van der Waals surface area contributed by atoms with Gasteiger partial charge < -0.3 is 10.1 Å². The summed E-state index contributed by atoms with van der Waals surface area (Å²) < 4.78 is 0. The van der Waals surface area contributed by atoms with Crippen molar-refractivity contribution < 1.29 is 5.11 Å². The zero-order chi connectivity index (χ0) is 11.8. The summed E-state index contributed by atoms with van der Waals surface area (Å²) in [6.07, 6.45) is 3.46. The highest BCUT2D eigenvalue weighted by molar-refractivity contribution is 5.74. The zero-order valence-electron chi connectivity index (χ0n) is 9.18. The number of aliphatic hydroxyl groups is 1. The average molecular weight is 228 g/mol. The Balaban J connectivity index is 2.13. The van der Waals surface area contributed by atoms with Crippen LogP contribution in [-0.2, 0) is 0 Å². The van der Waals surface area contributed by atoms with Gasteiger partial charge in [-0.2, -0.15) is 0 Å². The summed E-state index contributed by atoms with van der Waals surface area (Å²) in [5.74, 6) is 0.487. The van der Waals surface area contributed by atoms with E-state index in [0.29, 0.717) is 5.52 Å². The number of benzene rings is 1. The van der Waals surface area contributed by atoms with Crippen LogP contribution in [0.4, 0.5) is 0 Å². The first-order valence-corrected chi connectivity index (χ1v) is 5.63. The molecule has 1 aromatic carbocycles. The molecule has 0 unspecified atom stereocenters. The first-order chi connectivity index (χ1) is 8.24. The molecule has 4 nitrogen and oxygen atoms in total. The second-order valence-electron chi connectivity index (χ2n) is 4.31. The van der Waals surface area contributed by atoms with E-state index in [2.05, 4.69) is 9.97 Å². The number of para-hydroxylation sites is 2. The summed E-state index contributed by atoms with van der Waals surface area (Å²) >= 11 is 0. The third-order valence-corrected chi connectivity index (χ3v) is 2.91. The van der Waals surface area contributed by atoms with E-state index in [4.69, 9.17) is 0 Å². The van der Waals surface area contributed by atoms with Crippen molar-refractivity contribution in [3.8, 4) is 0 Å². The second kappa shape index (κ2) is 3.73. The van der Waals surface area contributed by atoms with Crippen LogP contribution in [0.3, 0.4) is 0 Å². The number of nitrogens with zero attached hydrogens (tertiary/aromatic N) is 1. The molecule has 2 N–H and O–H groups in total. The van der Waals surface area contributed by atoms with Crippen molar-refractivity contribution in [1.29, 1.82) is 0 Å². The largest absolute Gasteiger partial charge is 0.512 e. The highest BCUT2D eigenvalue weighted by Gasteiger charge is 2.26. The lowest BCUT2D eigenvalue weighted by Crippen LogP contribution is -2.12. The molecule has 0 aliphatic heterocycles. The van der Waals surface area contributed by atoms with Crippen molar-refractivity contribution in [2.24, 2.45) is 5.92 Å². The Morgan fingerprint density at radius 2 is 2.18 bits per heavy atom. The lowest BCUT2D eigenvalue weighted by molar-refractivity contribution is 0.385. The number of rotatable bonds is 2. The molecule has 1 aliphatic rings. The molecule has 1 aromatic heterocycles. The maximum absolute atomic E-state index is 11.7. The molecule has 17 heavy (non-hydrogen) atoms. The van der Waals surface area contributed by atoms with Crippen LogP contribution in [0.5, 0.6) is 0 Å². The summed E-state index contributed by atoms with van der Waals surface area (Å²) in [5.41, 5.74) is 1.44. The topological polar surface area (TPSA) is 66.0 Å². The van der Waals surface area contributed by atoms with Crippen molar-refractivity contribution in [2.75, 3.05) is 0 Å². The number of aromatic nitrogens is 2. The fraction of sp³-hybridized carbons (Fsp3) is 0.231. The van der Waals surface area contributed by atoms with E-state index in [0.717, 1.165) is 18.4 Å². The number of allylic oxidation sites excluding steroid dienone is 1. The predicted octanol–water partition coefficient (Wildman–Crippen LogP) is 2.23. The van der Waals surface area contributed by atoms with Gasteiger partial charge in [-0.25, -0.2) is 4.98 Å². The van der Waals surface area contributed by atoms with E-state index in [1.165, 1.54) is 6.08 Å². The predicted molar refractivity (Wildman–Crippen MR) is 65.7 cm³/mol. The Labute approximate surface area is 97.6 Å². The number of hydrogen-bond donors (Lipinski definition) is 2. The molecule has 3 rings (SSSR count). The minimum atomic E-state index is -0.268. The minimum Gasteiger partial charge on any atom is -0.512 e. The van der Waals surface area contributed by atoms with Crippen molar-refractivity contribution >= 4 is 17.1 Å². The Morgan fingerprint density at radius 3 is 2.94 bits per heavy atom. The van der Waals surface area contributed by atoms with Gasteiger partial charge in [0.2, 0.25) is 0 Å². The minimum absolute atomic E-state index is 0.225. The molecule has 0 bridgehead atoms. The average Bonchev–Trinajstić information content (AvgIpc) is 3.14. The molecule has 1 aliphatic carbocycles. The lowest BCUT2D eigenvalue weighted by atomic mass is 10.2. The van der Waals surface area contributed by atoms with Gasteiger partial charge in [-0.3, -0.25) is 4.79 Å². The van der Waals surface area contributed by atoms with Gasteiger partial charge in [0.25, 0.3) is 5.56 Å². The Kier molecular flexibility index (Phi) is 2.21. The standard InChI is InChI=1S/C13H12N2O2/c16-12(8-5-6-8)7-11-13(17)15-10-4-2-1-3-9(10)14-11/h1-4,7-8,16H,5-6H2,(H,15,17)/b12-7-. The van der Waals surface area contributed by atoms with E-state index < -0.39 is 0 Å². The summed E-state index contributed by atoms with van der Waals surface area (Å²) in [6.45, 7) is 0. The number of hydrogen-bond acceptors (Lipinski definition) is 3. The molecule has 4 heteroatoms. The molecular weight excluding hydrogens is 216 g/mol. The van der Waals surface area contributed by atoms with Crippen LogP contribution in [0.15, 0.2) is 34.8 Å². The van der Waals surface area contributed by atoms with E-state index in [1.54, 1.807) is 6.07 Å². The molecule has 86 valence electrons. The molecule has 0 radical (unpaired) electrons. The quantitative estimate of drug-likeness (QED) is 0.774. The number of aromatic amines is 1. The SMILES string of the molecule is O=c1[nH]c2ccccc2nc1/C=C(\O)C1CC1. The van der Waals surface area contributed by atoms with Crippen LogP contribution in [0.25, 0.3) is 17.1 Å². The van der Waals surface area contributed by atoms with Crippen LogP contribution >= 0.6 is 0 Å². The summed E-state index contributed by atoms with van der Waals surface area (Å²) in [7, 11) is 0. The second-order valence-corrected chi connectivity index (χ2v) is 4.31. The first-order valence-electron chi connectivity index (χ1n) is 5.63. The highest BCUT2D eigenvalue weighted by atomic mass is 16.3. The van der Waals surface area contributed by atoms with Crippen LogP contribution < -0.4 is 5.56 Å². The molecule has 0 spiro atoms. The van der Waals surface area contributed by atoms with Gasteiger partial charge in [-0.15, -0.1) is 0 Å². The molecule has 1 fully saturated rings. The van der Waals surface area contributed by atoms with Gasteiger partial charge in [0.15, 0.2) is 0 Å². The summed E-state index contributed by atoms with van der Waals surface area (Å²) in [6, 6.07) is 7.34. The van der Waals surface area contributed by atoms with E-state index in [9.17, 15) is 9.90 Å². The normalized spacial score (nSPS) is 16.4. The van der Waals surface area contributed by atoms with Crippen LogP contribution in [-0.4, -0.2) is 15.1 Å². The highest BCUT2D eigenvalue weighted by Crippen LogP contribution is 2.35. The maximum atomic E-state index is 11.7. The number of H-pyrrole nitrogens is 1. The first kappa shape index (κ1) is 10.1. The zero-order valence-corrected chi connectivity index (χ0v) is 9.18. The van der Waals surface area contributed by atoms with Crippen LogP contribution in [0.1, 0.15) is 18.5 Å². The van der Waals surface area contributed by atoms with Gasteiger partial charge in [-0.1, -0.05) is 12.1 Å². The third-order valence-electron chi connectivity index (χ3n) is 2.91. The van der Waals surface area contributed by atoms with Gasteiger partial charge in [-0.05, 0) is 25.0 Å². The van der Waals surface area contributed by atoms with Crippen molar-refractivity contribution in [3.05, 3.63) is 46.1 Å². The Bertz CT molecular complexity index is 654. The van der Waals surface area contributed by atoms with Gasteiger partial charge in [0.1, 0.15) is 5.69 Å².